The first kappa shape index (κ1) is 10.7. The van der Waals surface area contributed by atoms with Crippen molar-refractivity contribution < 1.29 is 0 Å². The van der Waals surface area contributed by atoms with Gasteiger partial charge in [-0.15, -0.1) is 0 Å². The summed E-state index contributed by atoms with van der Waals surface area (Å²) in [5.41, 5.74) is 4.52. The van der Waals surface area contributed by atoms with Crippen molar-refractivity contribution in [1.82, 2.24) is 10.4 Å². The summed E-state index contributed by atoms with van der Waals surface area (Å²) in [6.07, 6.45) is 1.75. The van der Waals surface area contributed by atoms with Crippen LogP contribution in [-0.4, -0.2) is 16.9 Å². The lowest BCUT2D eigenvalue weighted by atomic mass is 10.2. The highest BCUT2D eigenvalue weighted by atomic mass is 15.3. The number of hydrogen-bond acceptors (Lipinski definition) is 3. The van der Waals surface area contributed by atoms with Crippen LogP contribution in [0.3, 0.4) is 0 Å². The molecule has 4 nitrogen and oxygen atoms in total. The van der Waals surface area contributed by atoms with Gasteiger partial charge in [-0.1, -0.05) is 0 Å². The van der Waals surface area contributed by atoms with Gasteiger partial charge in [0.25, 0.3) is 0 Å². The zero-order valence-electron chi connectivity index (χ0n) is 8.78. The van der Waals surface area contributed by atoms with Crippen molar-refractivity contribution in [3.05, 3.63) is 29.6 Å². The van der Waals surface area contributed by atoms with Crippen LogP contribution in [0.2, 0.25) is 0 Å². The Kier molecular flexibility index (Phi) is 3.59. The third-order valence-electron chi connectivity index (χ3n) is 1.69. The molecule has 0 amide bonds. The molecule has 0 saturated heterocycles. The number of aliphatic imine (C=N–C) groups is 1. The molecule has 0 bridgehead atoms. The van der Waals surface area contributed by atoms with E-state index < -0.39 is 0 Å². The molecule has 0 atom stereocenters. The number of nitrogens with zero attached hydrogens (tertiary/aromatic N) is 2. The van der Waals surface area contributed by atoms with E-state index in [0.29, 0.717) is 5.84 Å². The number of hydrazine groups is 1. The van der Waals surface area contributed by atoms with E-state index in [1.54, 1.807) is 6.20 Å². The highest BCUT2D eigenvalue weighted by Gasteiger charge is 2.02. The minimum atomic E-state index is 0.217. The van der Waals surface area contributed by atoms with Crippen molar-refractivity contribution in [2.24, 2.45) is 10.8 Å². The fourth-order valence-corrected chi connectivity index (χ4v) is 1.15. The van der Waals surface area contributed by atoms with E-state index in [9.17, 15) is 0 Å². The van der Waals surface area contributed by atoms with E-state index in [-0.39, 0.29) is 6.04 Å². The van der Waals surface area contributed by atoms with Crippen LogP contribution in [-0.2, 0) is 0 Å². The van der Waals surface area contributed by atoms with E-state index in [0.717, 1.165) is 11.3 Å². The van der Waals surface area contributed by atoms with Gasteiger partial charge in [0.1, 0.15) is 5.84 Å². The van der Waals surface area contributed by atoms with Crippen LogP contribution < -0.4 is 11.3 Å². The summed E-state index contributed by atoms with van der Waals surface area (Å²) in [6, 6.07) is 4.05. The number of aryl methyl sites for hydroxylation is 1. The van der Waals surface area contributed by atoms with Crippen molar-refractivity contribution >= 4 is 5.84 Å². The number of hydrogen-bond donors (Lipinski definition) is 2. The summed E-state index contributed by atoms with van der Waals surface area (Å²) >= 11 is 0. The standard InChI is InChI=1S/C10H16N4/c1-7(2)13-10(14-11)9-4-5-12-8(3)6-9/h4-7H,11H2,1-3H3,(H,13,14). The predicted molar refractivity (Wildman–Crippen MR) is 58.0 cm³/mol. The molecule has 4 heteroatoms. The largest absolute Gasteiger partial charge is 0.308 e. The Morgan fingerprint density at radius 1 is 1.57 bits per heavy atom. The summed E-state index contributed by atoms with van der Waals surface area (Å²) in [6.45, 7) is 5.95. The molecule has 1 rings (SSSR count). The lowest BCUT2D eigenvalue weighted by Crippen LogP contribution is -2.32. The van der Waals surface area contributed by atoms with Crippen LogP contribution in [0, 0.1) is 6.92 Å². The molecule has 3 N–H and O–H groups in total. The van der Waals surface area contributed by atoms with Gasteiger partial charge in [-0.05, 0) is 32.9 Å². The molecule has 0 radical (unpaired) electrons. The van der Waals surface area contributed by atoms with Crippen LogP contribution in [0.1, 0.15) is 25.1 Å². The Morgan fingerprint density at radius 3 is 2.79 bits per heavy atom. The maximum atomic E-state index is 5.40. The molecule has 0 fully saturated rings. The van der Waals surface area contributed by atoms with E-state index >= 15 is 0 Å². The third kappa shape index (κ3) is 2.81. The molecule has 0 aliphatic carbocycles. The average Bonchev–Trinajstić information content (AvgIpc) is 2.14. The fraction of sp³-hybridized carbons (Fsp3) is 0.400. The first-order chi connectivity index (χ1) is 6.63. The molecular weight excluding hydrogens is 176 g/mol. The van der Waals surface area contributed by atoms with Gasteiger partial charge in [0.05, 0.1) is 0 Å². The normalized spacial score (nSPS) is 11.9. The topological polar surface area (TPSA) is 63.3 Å². The van der Waals surface area contributed by atoms with E-state index in [1.165, 1.54) is 0 Å². The molecule has 76 valence electrons. The molecule has 1 aromatic rings. The van der Waals surface area contributed by atoms with E-state index in [2.05, 4.69) is 15.4 Å². The quantitative estimate of drug-likeness (QED) is 0.318. The summed E-state index contributed by atoms with van der Waals surface area (Å²) in [5, 5.41) is 0. The second-order valence-corrected chi connectivity index (χ2v) is 3.40. The molecule has 0 aliphatic rings. The second kappa shape index (κ2) is 4.72. The third-order valence-corrected chi connectivity index (χ3v) is 1.69. The molecule has 0 aliphatic heterocycles. The monoisotopic (exact) mass is 192 g/mol. The van der Waals surface area contributed by atoms with Crippen molar-refractivity contribution in [2.75, 3.05) is 0 Å². The highest BCUT2D eigenvalue weighted by molar-refractivity contribution is 5.98. The van der Waals surface area contributed by atoms with Gasteiger partial charge in [0, 0.05) is 23.5 Å². The Bertz CT molecular complexity index is 331. The second-order valence-electron chi connectivity index (χ2n) is 3.40. The van der Waals surface area contributed by atoms with Crippen molar-refractivity contribution in [3.8, 4) is 0 Å². The number of amidine groups is 1. The Balaban J connectivity index is 3.01. The molecule has 0 saturated carbocycles. The summed E-state index contributed by atoms with van der Waals surface area (Å²) < 4.78 is 0. The van der Waals surface area contributed by atoms with Gasteiger partial charge in [-0.3, -0.25) is 9.98 Å². The van der Waals surface area contributed by atoms with Crippen LogP contribution in [0.5, 0.6) is 0 Å². The number of pyridine rings is 1. The maximum Gasteiger partial charge on any atom is 0.142 e. The first-order valence-corrected chi connectivity index (χ1v) is 4.61. The SMILES string of the molecule is Cc1cc(C(=NC(C)C)NN)ccn1. The number of rotatable bonds is 2. The summed E-state index contributed by atoms with van der Waals surface area (Å²) in [5.74, 6) is 6.10. The summed E-state index contributed by atoms with van der Waals surface area (Å²) in [7, 11) is 0. The van der Waals surface area contributed by atoms with Crippen molar-refractivity contribution in [1.29, 1.82) is 0 Å². The highest BCUT2D eigenvalue weighted by Crippen LogP contribution is 2.02. The fourth-order valence-electron chi connectivity index (χ4n) is 1.15. The molecule has 1 aromatic heterocycles. The van der Waals surface area contributed by atoms with Crippen LogP contribution in [0.25, 0.3) is 0 Å². The van der Waals surface area contributed by atoms with Crippen LogP contribution in [0.15, 0.2) is 23.3 Å². The van der Waals surface area contributed by atoms with Gasteiger partial charge >= 0.3 is 0 Å². The predicted octanol–water partition coefficient (Wildman–Crippen LogP) is 1.01. The minimum Gasteiger partial charge on any atom is -0.308 e. The van der Waals surface area contributed by atoms with E-state index in [4.69, 9.17) is 5.84 Å². The molecule has 14 heavy (non-hydrogen) atoms. The minimum absolute atomic E-state index is 0.217. The lowest BCUT2D eigenvalue weighted by molar-refractivity contribution is 0.820. The molecule has 0 unspecified atom stereocenters. The van der Waals surface area contributed by atoms with Crippen LogP contribution in [0.4, 0.5) is 0 Å². The van der Waals surface area contributed by atoms with E-state index in [1.807, 2.05) is 32.9 Å². The summed E-state index contributed by atoms with van der Waals surface area (Å²) in [4.78, 5) is 8.47. The van der Waals surface area contributed by atoms with Gasteiger partial charge < -0.3 is 5.43 Å². The van der Waals surface area contributed by atoms with Crippen molar-refractivity contribution in [2.45, 2.75) is 26.8 Å². The van der Waals surface area contributed by atoms with Crippen LogP contribution >= 0.6 is 0 Å². The molecule has 1 heterocycles. The Morgan fingerprint density at radius 2 is 2.29 bits per heavy atom. The van der Waals surface area contributed by atoms with Gasteiger partial charge in [-0.25, -0.2) is 5.84 Å². The lowest BCUT2D eigenvalue weighted by Gasteiger charge is -2.07. The zero-order chi connectivity index (χ0) is 10.6. The Hall–Kier alpha value is -1.42. The number of nitrogens with one attached hydrogen (secondary N) is 1. The Labute approximate surface area is 84.2 Å². The van der Waals surface area contributed by atoms with Crippen molar-refractivity contribution in [3.63, 3.8) is 0 Å². The molecule has 0 spiro atoms. The average molecular weight is 192 g/mol. The smallest absolute Gasteiger partial charge is 0.142 e. The molecule has 0 aromatic carbocycles. The number of aromatic nitrogens is 1. The maximum absolute atomic E-state index is 5.40. The van der Waals surface area contributed by atoms with Gasteiger partial charge in [-0.2, -0.15) is 0 Å². The van der Waals surface area contributed by atoms with Gasteiger partial charge in [0.2, 0.25) is 0 Å². The van der Waals surface area contributed by atoms with Gasteiger partial charge in [0.15, 0.2) is 0 Å². The number of nitrogens with two attached hydrogens (primary N) is 1. The first-order valence-electron chi connectivity index (χ1n) is 4.61. The zero-order valence-corrected chi connectivity index (χ0v) is 8.78. The molecular formula is C10H16N4.